The van der Waals surface area contributed by atoms with Gasteiger partial charge in [-0.2, -0.15) is 0 Å². The largest absolute Gasteiger partial charge is 0.398 e. The van der Waals surface area contributed by atoms with Gasteiger partial charge in [0.1, 0.15) is 4.90 Å². The molecule has 0 fully saturated rings. The number of nitrogens with one attached hydrogen (secondary N) is 1. The summed E-state index contributed by atoms with van der Waals surface area (Å²) in [5, 5.41) is 0.316. The van der Waals surface area contributed by atoms with E-state index in [9.17, 15) is 16.8 Å². The van der Waals surface area contributed by atoms with Gasteiger partial charge in [0.05, 0.1) is 11.4 Å². The van der Waals surface area contributed by atoms with Gasteiger partial charge in [0.25, 0.3) is 0 Å². The Morgan fingerprint density at radius 2 is 1.85 bits per heavy atom. The molecule has 114 valence electrons. The normalized spacial score (nSPS) is 12.8. The third-order valence-electron chi connectivity index (χ3n) is 2.47. The molecule has 0 amide bonds. The molecule has 0 radical (unpaired) electrons. The minimum atomic E-state index is -3.87. The molecule has 0 atom stereocenters. The molecule has 0 spiro atoms. The van der Waals surface area contributed by atoms with E-state index in [0.29, 0.717) is 5.02 Å². The van der Waals surface area contributed by atoms with Gasteiger partial charge in [-0.3, -0.25) is 0 Å². The van der Waals surface area contributed by atoms with E-state index in [2.05, 4.69) is 4.72 Å². The van der Waals surface area contributed by atoms with E-state index in [1.54, 1.807) is 0 Å². The van der Waals surface area contributed by atoms with E-state index < -0.39 is 20.0 Å². The van der Waals surface area contributed by atoms with Gasteiger partial charge in [-0.05, 0) is 18.2 Å². The highest BCUT2D eigenvalue weighted by atomic mass is 35.5. The first-order valence-corrected chi connectivity index (χ1v) is 8.98. The fraction of sp³-hybridized carbons (Fsp3) is 0.400. The van der Waals surface area contributed by atoms with Crippen LogP contribution in [-0.2, 0) is 20.0 Å². The maximum Gasteiger partial charge on any atom is 0.242 e. The smallest absolute Gasteiger partial charge is 0.242 e. The first-order chi connectivity index (χ1) is 9.06. The van der Waals surface area contributed by atoms with Gasteiger partial charge in [0, 0.05) is 25.7 Å². The van der Waals surface area contributed by atoms with Gasteiger partial charge >= 0.3 is 0 Å². The van der Waals surface area contributed by atoms with E-state index in [-0.39, 0.29) is 22.9 Å². The highest BCUT2D eigenvalue weighted by Crippen LogP contribution is 2.22. The molecule has 20 heavy (non-hydrogen) atoms. The van der Waals surface area contributed by atoms with Crippen molar-refractivity contribution in [3.8, 4) is 0 Å². The minimum absolute atomic E-state index is 0.000432. The summed E-state index contributed by atoms with van der Waals surface area (Å²) in [5.41, 5.74) is 5.58. The lowest BCUT2D eigenvalue weighted by Crippen LogP contribution is -2.34. The van der Waals surface area contributed by atoms with E-state index in [0.717, 1.165) is 4.31 Å². The molecule has 0 saturated carbocycles. The Bertz CT molecular complexity index is 686. The predicted octanol–water partition coefficient (Wildman–Crippen LogP) is 0.0919. The summed E-state index contributed by atoms with van der Waals surface area (Å²) in [6.45, 7) is -0.245. The average Bonchev–Trinajstić information content (AvgIpc) is 2.27. The molecule has 0 heterocycles. The predicted molar refractivity (Wildman–Crippen MR) is 78.5 cm³/mol. The number of nitrogens with two attached hydrogens (primary N) is 1. The number of rotatable bonds is 6. The van der Waals surface area contributed by atoms with Crippen molar-refractivity contribution in [3.63, 3.8) is 0 Å². The number of hydrogen-bond acceptors (Lipinski definition) is 5. The highest BCUT2D eigenvalue weighted by molar-refractivity contribution is 7.90. The van der Waals surface area contributed by atoms with Crippen molar-refractivity contribution < 1.29 is 16.8 Å². The van der Waals surface area contributed by atoms with Crippen LogP contribution in [0.1, 0.15) is 0 Å². The molecule has 3 N–H and O–H groups in total. The number of halogens is 1. The van der Waals surface area contributed by atoms with Gasteiger partial charge in [-0.25, -0.2) is 25.9 Å². The van der Waals surface area contributed by atoms with Gasteiger partial charge < -0.3 is 5.73 Å². The molecule has 1 rings (SSSR count). The van der Waals surface area contributed by atoms with Gasteiger partial charge in [-0.1, -0.05) is 11.6 Å². The molecule has 0 aromatic heterocycles. The van der Waals surface area contributed by atoms with Crippen molar-refractivity contribution in [1.82, 2.24) is 9.03 Å². The molecule has 1 aromatic carbocycles. The van der Waals surface area contributed by atoms with Crippen molar-refractivity contribution in [2.75, 3.05) is 32.1 Å². The highest BCUT2D eigenvalue weighted by Gasteiger charge is 2.19. The number of benzene rings is 1. The summed E-state index contributed by atoms with van der Waals surface area (Å²) in [6.07, 6.45) is 0. The first kappa shape index (κ1) is 17.2. The zero-order chi connectivity index (χ0) is 15.6. The maximum absolute atomic E-state index is 12.0. The average molecular weight is 342 g/mol. The standard InChI is InChI=1S/C10H16ClN3O4S2/c1-14(2)19(15,16)6-5-13-20(17,18)10-4-3-8(11)7-9(10)12/h3-4,7,13H,5-6,12H2,1-2H3. The molecule has 7 nitrogen and oxygen atoms in total. The number of anilines is 1. The van der Waals surface area contributed by atoms with Crippen LogP contribution >= 0.6 is 11.6 Å². The molecule has 0 aliphatic heterocycles. The SMILES string of the molecule is CN(C)S(=O)(=O)CCNS(=O)(=O)c1ccc(Cl)cc1N. The Kier molecular flexibility index (Phi) is 5.39. The third-order valence-corrected chi connectivity index (χ3v) is 6.07. The second-order valence-corrected chi connectivity index (χ2v) is 8.65. The summed E-state index contributed by atoms with van der Waals surface area (Å²) in [4.78, 5) is -0.135. The molecule has 1 aromatic rings. The van der Waals surface area contributed by atoms with Crippen LogP contribution in [0.15, 0.2) is 23.1 Å². The molecular formula is C10H16ClN3O4S2. The van der Waals surface area contributed by atoms with Gasteiger partial charge in [0.15, 0.2) is 0 Å². The van der Waals surface area contributed by atoms with Crippen LogP contribution in [0, 0.1) is 0 Å². The Balaban J connectivity index is 2.82. The Hall–Kier alpha value is -0.870. The minimum Gasteiger partial charge on any atom is -0.398 e. The molecule has 0 aliphatic rings. The lowest BCUT2D eigenvalue weighted by Gasteiger charge is -2.12. The zero-order valence-corrected chi connectivity index (χ0v) is 13.4. The van der Waals surface area contributed by atoms with Crippen molar-refractivity contribution in [2.24, 2.45) is 0 Å². The summed E-state index contributed by atoms with van der Waals surface area (Å²) in [7, 11) is -4.59. The Morgan fingerprint density at radius 3 is 2.35 bits per heavy atom. The topological polar surface area (TPSA) is 110 Å². The summed E-state index contributed by atoms with van der Waals surface area (Å²) >= 11 is 5.69. The van der Waals surface area contributed by atoms with Crippen LogP contribution < -0.4 is 10.5 Å². The summed E-state index contributed by atoms with van der Waals surface area (Å²) in [6, 6.07) is 3.97. The van der Waals surface area contributed by atoms with Crippen molar-refractivity contribution in [1.29, 1.82) is 0 Å². The van der Waals surface area contributed by atoms with Crippen LogP contribution in [-0.4, -0.2) is 47.5 Å². The van der Waals surface area contributed by atoms with Crippen LogP contribution in [0.2, 0.25) is 5.02 Å². The van der Waals surface area contributed by atoms with Crippen LogP contribution in [0.4, 0.5) is 5.69 Å². The number of sulfonamides is 2. The lowest BCUT2D eigenvalue weighted by molar-refractivity contribution is 0.519. The molecule has 0 bridgehead atoms. The Morgan fingerprint density at radius 1 is 1.25 bits per heavy atom. The maximum atomic E-state index is 12.0. The van der Waals surface area contributed by atoms with E-state index in [1.807, 2.05) is 0 Å². The summed E-state index contributed by atoms with van der Waals surface area (Å²) in [5.74, 6) is -0.341. The zero-order valence-electron chi connectivity index (χ0n) is 11.0. The Labute approximate surface area is 123 Å². The van der Waals surface area contributed by atoms with Crippen LogP contribution in [0.25, 0.3) is 0 Å². The monoisotopic (exact) mass is 341 g/mol. The molecular weight excluding hydrogens is 326 g/mol. The fourth-order valence-corrected chi connectivity index (χ4v) is 3.51. The first-order valence-electron chi connectivity index (χ1n) is 5.51. The van der Waals surface area contributed by atoms with E-state index in [1.165, 1.54) is 32.3 Å². The van der Waals surface area contributed by atoms with E-state index in [4.69, 9.17) is 17.3 Å². The van der Waals surface area contributed by atoms with Crippen LogP contribution in [0.3, 0.4) is 0 Å². The lowest BCUT2D eigenvalue weighted by atomic mass is 10.3. The third kappa shape index (κ3) is 4.32. The number of nitrogen functional groups attached to an aromatic ring is 1. The molecule has 0 saturated heterocycles. The second-order valence-electron chi connectivity index (χ2n) is 4.18. The van der Waals surface area contributed by atoms with Crippen molar-refractivity contribution in [3.05, 3.63) is 23.2 Å². The summed E-state index contributed by atoms with van der Waals surface area (Å²) < 4.78 is 50.2. The van der Waals surface area contributed by atoms with Gasteiger partial charge in [-0.15, -0.1) is 0 Å². The second kappa shape index (κ2) is 6.27. The molecule has 10 heteroatoms. The molecule has 0 unspecified atom stereocenters. The van der Waals surface area contributed by atoms with Crippen LogP contribution in [0.5, 0.6) is 0 Å². The number of nitrogens with zero attached hydrogens (tertiary/aromatic N) is 1. The van der Waals surface area contributed by atoms with Crippen molar-refractivity contribution in [2.45, 2.75) is 4.90 Å². The van der Waals surface area contributed by atoms with Gasteiger partial charge in [0.2, 0.25) is 20.0 Å². The van der Waals surface area contributed by atoms with E-state index >= 15 is 0 Å². The quantitative estimate of drug-likeness (QED) is 0.713. The van der Waals surface area contributed by atoms with Crippen molar-refractivity contribution >= 4 is 37.3 Å². The molecule has 0 aliphatic carbocycles. The number of hydrogen-bond donors (Lipinski definition) is 2. The fourth-order valence-electron chi connectivity index (χ4n) is 1.33.